The normalized spacial score (nSPS) is 14.6. The fourth-order valence-corrected chi connectivity index (χ4v) is 12.4. The van der Waals surface area contributed by atoms with Crippen LogP contribution in [0.5, 0.6) is 11.5 Å². The first-order valence-corrected chi connectivity index (χ1v) is 24.1. The van der Waals surface area contributed by atoms with Crippen LogP contribution in [0, 0.1) is 0 Å². The zero-order chi connectivity index (χ0) is 46.4. The summed E-state index contributed by atoms with van der Waals surface area (Å²) in [6, 6.07) is 74.2. The standard InChI is InChI=1S/C64H38N6O/c1-7-21-52-42(14-1)43-15-2-8-22-53(43)68(52)41-36-51-63(67-37-41)62-49(20-13-32-66-62)64(51)48-19-6-12-26-60(48)71-61-30-28-40(35-50(61)64)39-27-29-57-47(34-39)46-18-5-11-25-56(46)70(57)59-38-65-33-31-58(59)69-54-23-9-3-16-44(54)45-17-4-10-24-55(45)69/h1-38H. The summed E-state index contributed by atoms with van der Waals surface area (Å²) in [6.07, 6.45) is 7.81. The minimum absolute atomic E-state index is 0.787. The Labute approximate surface area is 406 Å². The maximum atomic E-state index is 6.92. The van der Waals surface area contributed by atoms with Crippen molar-refractivity contribution in [3.05, 3.63) is 253 Å². The maximum absolute atomic E-state index is 6.92. The number of fused-ring (bicyclic) bond motifs is 18. The minimum atomic E-state index is -0.787. The number of ether oxygens (including phenoxy) is 1. The number of hydrogen-bond donors (Lipinski definition) is 0. The van der Waals surface area contributed by atoms with E-state index in [9.17, 15) is 0 Å². The number of benzene rings is 8. The van der Waals surface area contributed by atoms with Crippen LogP contribution in [0.15, 0.2) is 231 Å². The molecule has 1 atom stereocenters. The van der Waals surface area contributed by atoms with Crippen LogP contribution in [-0.4, -0.2) is 28.7 Å². The highest BCUT2D eigenvalue weighted by Crippen LogP contribution is 2.62. The molecule has 7 heteroatoms. The molecule has 16 rings (SSSR count). The summed E-state index contributed by atoms with van der Waals surface area (Å²) in [5, 5.41) is 7.18. The summed E-state index contributed by atoms with van der Waals surface area (Å²) in [7, 11) is 0. The summed E-state index contributed by atoms with van der Waals surface area (Å²) in [5.74, 6) is 1.63. The molecule has 0 bridgehead atoms. The molecule has 0 amide bonds. The number of para-hydroxylation sites is 6. The van der Waals surface area contributed by atoms with Gasteiger partial charge in [-0.25, -0.2) is 0 Å². The second-order valence-electron chi connectivity index (χ2n) is 18.7. The van der Waals surface area contributed by atoms with Gasteiger partial charge in [0.2, 0.25) is 0 Å². The van der Waals surface area contributed by atoms with Crippen molar-refractivity contribution in [1.29, 1.82) is 0 Å². The van der Waals surface area contributed by atoms with Crippen molar-refractivity contribution in [3.63, 3.8) is 0 Å². The summed E-state index contributed by atoms with van der Waals surface area (Å²) in [4.78, 5) is 15.2. The van der Waals surface area contributed by atoms with Crippen molar-refractivity contribution in [2.75, 3.05) is 0 Å². The molecule has 0 radical (unpaired) electrons. The van der Waals surface area contributed by atoms with Gasteiger partial charge in [-0.2, -0.15) is 0 Å². The fraction of sp³-hybridized carbons (Fsp3) is 0.0156. The Balaban J connectivity index is 0.914. The maximum Gasteiger partial charge on any atom is 0.132 e. The zero-order valence-corrected chi connectivity index (χ0v) is 38.0. The molecule has 14 aromatic rings. The second kappa shape index (κ2) is 14.2. The highest BCUT2D eigenvalue weighted by molar-refractivity contribution is 6.13. The summed E-state index contributed by atoms with van der Waals surface area (Å²) >= 11 is 0. The lowest BCUT2D eigenvalue weighted by Gasteiger charge is -2.39. The van der Waals surface area contributed by atoms with E-state index >= 15 is 0 Å². The first-order chi connectivity index (χ1) is 35.2. The van der Waals surface area contributed by atoms with Gasteiger partial charge in [-0.15, -0.1) is 0 Å². The van der Waals surface area contributed by atoms with E-state index in [1.807, 2.05) is 24.8 Å². The molecule has 71 heavy (non-hydrogen) atoms. The Morgan fingerprint density at radius 1 is 0.338 bits per heavy atom. The van der Waals surface area contributed by atoms with Crippen LogP contribution < -0.4 is 4.74 Å². The van der Waals surface area contributed by atoms with Gasteiger partial charge in [-0.1, -0.05) is 127 Å². The van der Waals surface area contributed by atoms with E-state index < -0.39 is 5.41 Å². The predicted molar refractivity (Wildman–Crippen MR) is 286 cm³/mol. The van der Waals surface area contributed by atoms with Gasteiger partial charge in [0, 0.05) is 61.4 Å². The monoisotopic (exact) mass is 906 g/mol. The van der Waals surface area contributed by atoms with Gasteiger partial charge < -0.3 is 18.4 Å². The van der Waals surface area contributed by atoms with Crippen LogP contribution in [0.2, 0.25) is 0 Å². The Bertz CT molecular complexity index is 4490. The van der Waals surface area contributed by atoms with E-state index in [1.54, 1.807) is 0 Å². The van der Waals surface area contributed by atoms with Crippen LogP contribution in [0.3, 0.4) is 0 Å². The molecule has 0 N–H and O–H groups in total. The summed E-state index contributed by atoms with van der Waals surface area (Å²) in [5.41, 5.74) is 17.3. The van der Waals surface area contributed by atoms with Gasteiger partial charge in [0.1, 0.15) is 11.5 Å². The van der Waals surface area contributed by atoms with Crippen molar-refractivity contribution in [2.45, 2.75) is 5.41 Å². The van der Waals surface area contributed by atoms with Crippen molar-refractivity contribution >= 4 is 65.4 Å². The van der Waals surface area contributed by atoms with E-state index in [0.29, 0.717) is 0 Å². The molecule has 2 aliphatic rings. The molecule has 1 spiro atoms. The number of aromatic nitrogens is 6. The molecule has 1 aliphatic heterocycles. The Morgan fingerprint density at radius 3 is 1.55 bits per heavy atom. The SMILES string of the molecule is c1ccc2c(c1)Oc1ccc(-c3ccc4c(c3)c3ccccc3n4-c3cnccc3-n3c4ccccc4c4ccccc43)cc1C21c2cccnc2-c2ncc(-n3c4ccccc4c4ccccc43)cc21. The third-order valence-corrected chi connectivity index (χ3v) is 15.3. The largest absolute Gasteiger partial charge is 0.457 e. The fourth-order valence-electron chi connectivity index (χ4n) is 12.4. The highest BCUT2D eigenvalue weighted by Gasteiger charge is 2.52. The van der Waals surface area contributed by atoms with Crippen LogP contribution >= 0.6 is 0 Å². The molecule has 7 heterocycles. The third kappa shape index (κ3) is 5.08. The van der Waals surface area contributed by atoms with Crippen molar-refractivity contribution < 1.29 is 4.74 Å². The molecular formula is C64H38N6O. The van der Waals surface area contributed by atoms with E-state index in [2.05, 4.69) is 220 Å². The summed E-state index contributed by atoms with van der Waals surface area (Å²) < 4.78 is 14.0. The van der Waals surface area contributed by atoms with Crippen molar-refractivity contribution in [1.82, 2.24) is 28.7 Å². The van der Waals surface area contributed by atoms with Crippen LogP contribution in [0.25, 0.3) is 105 Å². The molecular weight excluding hydrogens is 869 g/mol. The molecule has 7 nitrogen and oxygen atoms in total. The molecule has 0 saturated heterocycles. The van der Waals surface area contributed by atoms with E-state index in [1.165, 1.54) is 26.9 Å². The lowest BCUT2D eigenvalue weighted by atomic mass is 9.66. The first-order valence-electron chi connectivity index (χ1n) is 24.1. The van der Waals surface area contributed by atoms with Gasteiger partial charge >= 0.3 is 0 Å². The number of pyridine rings is 3. The van der Waals surface area contributed by atoms with Gasteiger partial charge in [0.15, 0.2) is 0 Å². The lowest BCUT2D eigenvalue weighted by molar-refractivity contribution is 0.436. The predicted octanol–water partition coefficient (Wildman–Crippen LogP) is 15.3. The van der Waals surface area contributed by atoms with E-state index in [4.69, 9.17) is 19.7 Å². The average Bonchev–Trinajstić information content (AvgIpc) is 4.15. The van der Waals surface area contributed by atoms with Gasteiger partial charge in [0.25, 0.3) is 0 Å². The number of hydrogen-bond acceptors (Lipinski definition) is 4. The Hall–Kier alpha value is -9.59. The van der Waals surface area contributed by atoms with Crippen molar-refractivity contribution in [3.8, 4) is 51.1 Å². The van der Waals surface area contributed by atoms with E-state index in [-0.39, 0.29) is 0 Å². The van der Waals surface area contributed by atoms with Crippen LogP contribution in [-0.2, 0) is 5.41 Å². The topological polar surface area (TPSA) is 62.7 Å². The molecule has 330 valence electrons. The highest BCUT2D eigenvalue weighted by atomic mass is 16.5. The Kier molecular flexibility index (Phi) is 7.69. The van der Waals surface area contributed by atoms with Gasteiger partial charge in [-0.3, -0.25) is 15.0 Å². The van der Waals surface area contributed by atoms with Gasteiger partial charge in [0.05, 0.1) is 79.4 Å². The molecule has 8 aromatic carbocycles. The molecule has 1 unspecified atom stereocenters. The van der Waals surface area contributed by atoms with Crippen molar-refractivity contribution in [2.24, 2.45) is 0 Å². The first kappa shape index (κ1) is 38.4. The average molecular weight is 907 g/mol. The third-order valence-electron chi connectivity index (χ3n) is 15.3. The number of nitrogens with zero attached hydrogens (tertiary/aromatic N) is 6. The molecule has 0 fully saturated rings. The smallest absolute Gasteiger partial charge is 0.132 e. The summed E-state index contributed by atoms with van der Waals surface area (Å²) in [6.45, 7) is 0. The van der Waals surface area contributed by atoms with E-state index in [0.717, 1.165) is 112 Å². The minimum Gasteiger partial charge on any atom is -0.457 e. The number of rotatable bonds is 4. The Morgan fingerprint density at radius 2 is 0.859 bits per heavy atom. The quantitative estimate of drug-likeness (QED) is 0.176. The van der Waals surface area contributed by atoms with Crippen LogP contribution in [0.1, 0.15) is 22.3 Å². The molecule has 0 saturated carbocycles. The van der Waals surface area contributed by atoms with Gasteiger partial charge in [-0.05, 0) is 95.6 Å². The second-order valence-corrected chi connectivity index (χ2v) is 18.7. The molecule has 1 aliphatic carbocycles. The zero-order valence-electron chi connectivity index (χ0n) is 38.0. The lowest BCUT2D eigenvalue weighted by Crippen LogP contribution is -2.32. The molecule has 6 aromatic heterocycles. The van der Waals surface area contributed by atoms with Crippen LogP contribution in [0.4, 0.5) is 0 Å².